The molecule has 0 aliphatic heterocycles. The average molecular weight is 318 g/mol. The van der Waals surface area contributed by atoms with Gasteiger partial charge in [0, 0.05) is 18.5 Å². The summed E-state index contributed by atoms with van der Waals surface area (Å²) in [6, 6.07) is 6.23. The van der Waals surface area contributed by atoms with Crippen LogP contribution in [0.1, 0.15) is 26.7 Å². The highest BCUT2D eigenvalue weighted by molar-refractivity contribution is 7.91. The first-order valence-corrected chi connectivity index (χ1v) is 8.70. The van der Waals surface area contributed by atoms with Gasteiger partial charge in [-0.3, -0.25) is 4.79 Å². The Hall–Kier alpha value is -1.07. The smallest absolute Gasteiger partial charge is 0.221 e. The van der Waals surface area contributed by atoms with Gasteiger partial charge in [0.2, 0.25) is 5.91 Å². The molecule has 1 aromatic carbocycles. The topological polar surface area (TPSA) is 63.2 Å². The summed E-state index contributed by atoms with van der Waals surface area (Å²) in [5, 5.41) is 2.60. The molecule has 6 heteroatoms. The molecule has 0 spiro atoms. The number of hydrogen-bond donors (Lipinski definition) is 1. The number of hydrogen-bond acceptors (Lipinski definition) is 3. The monoisotopic (exact) mass is 317 g/mol. The predicted octanol–water partition coefficient (Wildman–Crippen LogP) is 3.07. The highest BCUT2D eigenvalue weighted by atomic mass is 35.5. The van der Waals surface area contributed by atoms with Crippen molar-refractivity contribution in [2.75, 3.05) is 16.9 Å². The lowest BCUT2D eigenvalue weighted by Gasteiger charge is -2.10. The maximum atomic E-state index is 12.2. The van der Waals surface area contributed by atoms with Crippen molar-refractivity contribution in [1.29, 1.82) is 0 Å². The van der Waals surface area contributed by atoms with Gasteiger partial charge < -0.3 is 5.32 Å². The maximum Gasteiger partial charge on any atom is 0.221 e. The third-order valence-corrected chi connectivity index (χ3v) is 5.00. The molecular formula is C14H20ClNO3S. The summed E-state index contributed by atoms with van der Waals surface area (Å²) in [5.74, 6) is 0.772. The molecule has 0 saturated heterocycles. The van der Waals surface area contributed by atoms with Crippen LogP contribution in [-0.2, 0) is 14.6 Å². The van der Waals surface area contributed by atoms with E-state index in [4.69, 9.17) is 11.6 Å². The molecule has 1 amide bonds. The first kappa shape index (κ1) is 17.0. The van der Waals surface area contributed by atoms with Gasteiger partial charge in [0.05, 0.1) is 10.6 Å². The molecular weight excluding hydrogens is 298 g/mol. The molecule has 0 bridgehead atoms. The lowest BCUT2D eigenvalue weighted by atomic mass is 10.1. The van der Waals surface area contributed by atoms with Crippen molar-refractivity contribution in [3.63, 3.8) is 0 Å². The minimum Gasteiger partial charge on any atom is -0.326 e. The normalized spacial score (nSPS) is 12.9. The number of carbonyl (C=O) groups is 1. The van der Waals surface area contributed by atoms with Crippen LogP contribution in [0.2, 0.25) is 0 Å². The van der Waals surface area contributed by atoms with E-state index in [1.807, 2.05) is 6.92 Å². The lowest BCUT2D eigenvalue weighted by Crippen LogP contribution is -2.11. The maximum absolute atomic E-state index is 12.2. The first-order chi connectivity index (χ1) is 9.35. The molecule has 1 rings (SSSR count). The molecule has 1 atom stereocenters. The Morgan fingerprint density at radius 2 is 1.85 bits per heavy atom. The van der Waals surface area contributed by atoms with E-state index in [9.17, 15) is 13.2 Å². The Labute approximate surface area is 125 Å². The van der Waals surface area contributed by atoms with Gasteiger partial charge in [0.15, 0.2) is 9.84 Å². The number of nitrogens with one attached hydrogen (secondary N) is 1. The van der Waals surface area contributed by atoms with Gasteiger partial charge in [0.1, 0.15) is 0 Å². The number of carbonyl (C=O) groups excluding carboxylic acids is 1. The fourth-order valence-corrected chi connectivity index (χ4v) is 3.63. The number of amides is 1. The van der Waals surface area contributed by atoms with Crippen LogP contribution >= 0.6 is 11.6 Å². The van der Waals surface area contributed by atoms with E-state index in [0.29, 0.717) is 23.9 Å². The number of benzene rings is 1. The van der Waals surface area contributed by atoms with Crippen LogP contribution < -0.4 is 5.32 Å². The fourth-order valence-electron chi connectivity index (χ4n) is 1.75. The zero-order chi connectivity index (χ0) is 15.2. The van der Waals surface area contributed by atoms with Crippen LogP contribution in [0.25, 0.3) is 0 Å². The van der Waals surface area contributed by atoms with Crippen LogP contribution in [0.3, 0.4) is 0 Å². The third-order valence-electron chi connectivity index (χ3n) is 3.02. The molecule has 0 saturated carbocycles. The summed E-state index contributed by atoms with van der Waals surface area (Å²) in [4.78, 5) is 11.2. The van der Waals surface area contributed by atoms with E-state index < -0.39 is 9.84 Å². The van der Waals surface area contributed by atoms with E-state index in [1.165, 1.54) is 19.1 Å². The second kappa shape index (κ2) is 7.64. The van der Waals surface area contributed by atoms with Gasteiger partial charge >= 0.3 is 0 Å². The summed E-state index contributed by atoms with van der Waals surface area (Å²) in [7, 11) is -3.27. The highest BCUT2D eigenvalue weighted by Crippen LogP contribution is 2.18. The van der Waals surface area contributed by atoms with E-state index >= 15 is 0 Å². The molecule has 1 aromatic rings. The second-order valence-corrected chi connectivity index (χ2v) is 7.38. The van der Waals surface area contributed by atoms with E-state index in [2.05, 4.69) is 5.32 Å². The first-order valence-electron chi connectivity index (χ1n) is 6.51. The number of alkyl halides is 1. The standard InChI is InChI=1S/C14H20ClNO3S/c1-11(7-9-15)8-10-20(18,19)14-5-3-13(4-6-14)16-12(2)17/h3-6,11H,7-10H2,1-2H3,(H,16,17). The van der Waals surface area contributed by atoms with Crippen molar-refractivity contribution in [3.05, 3.63) is 24.3 Å². The molecule has 0 aliphatic carbocycles. The third kappa shape index (κ3) is 5.51. The Balaban J connectivity index is 2.70. The Morgan fingerprint density at radius 1 is 1.25 bits per heavy atom. The van der Waals surface area contributed by atoms with Gasteiger partial charge in [-0.05, 0) is 43.0 Å². The van der Waals surface area contributed by atoms with Gasteiger partial charge in [-0.1, -0.05) is 6.92 Å². The number of anilines is 1. The molecule has 1 N–H and O–H groups in total. The van der Waals surface area contributed by atoms with Gasteiger partial charge in [-0.15, -0.1) is 11.6 Å². The van der Waals surface area contributed by atoms with Crippen molar-refractivity contribution >= 4 is 33.0 Å². The van der Waals surface area contributed by atoms with Crippen molar-refractivity contribution in [2.45, 2.75) is 31.6 Å². The molecule has 1 unspecified atom stereocenters. The number of rotatable bonds is 7. The van der Waals surface area contributed by atoms with Crippen LogP contribution in [-0.4, -0.2) is 26.0 Å². The summed E-state index contributed by atoms with van der Waals surface area (Å²) in [6.07, 6.45) is 1.42. The molecule has 0 fully saturated rings. The molecule has 0 heterocycles. The molecule has 0 aromatic heterocycles. The minimum atomic E-state index is -3.27. The lowest BCUT2D eigenvalue weighted by molar-refractivity contribution is -0.114. The van der Waals surface area contributed by atoms with Crippen LogP contribution in [0.5, 0.6) is 0 Å². The van der Waals surface area contributed by atoms with Crippen LogP contribution in [0, 0.1) is 5.92 Å². The van der Waals surface area contributed by atoms with Crippen LogP contribution in [0.4, 0.5) is 5.69 Å². The van der Waals surface area contributed by atoms with Gasteiger partial charge in [-0.25, -0.2) is 8.42 Å². The van der Waals surface area contributed by atoms with Gasteiger partial charge in [0.25, 0.3) is 0 Å². The minimum absolute atomic E-state index is 0.116. The predicted molar refractivity (Wildman–Crippen MR) is 81.9 cm³/mol. The SMILES string of the molecule is CC(=O)Nc1ccc(S(=O)(=O)CCC(C)CCCl)cc1. The molecule has 112 valence electrons. The van der Waals surface area contributed by atoms with E-state index in [1.54, 1.807) is 12.1 Å². The number of sulfone groups is 1. The Morgan fingerprint density at radius 3 is 2.35 bits per heavy atom. The fraction of sp³-hybridized carbons (Fsp3) is 0.500. The van der Waals surface area contributed by atoms with Crippen molar-refractivity contribution in [1.82, 2.24) is 0 Å². The average Bonchev–Trinajstić information content (AvgIpc) is 2.37. The molecule has 20 heavy (non-hydrogen) atoms. The summed E-state index contributed by atoms with van der Waals surface area (Å²) < 4.78 is 24.3. The zero-order valence-corrected chi connectivity index (χ0v) is 13.3. The quantitative estimate of drug-likeness (QED) is 0.786. The zero-order valence-electron chi connectivity index (χ0n) is 11.7. The van der Waals surface area contributed by atoms with E-state index in [0.717, 1.165) is 6.42 Å². The summed E-state index contributed by atoms with van der Waals surface area (Å²) >= 11 is 5.64. The number of halogens is 1. The second-order valence-electron chi connectivity index (χ2n) is 4.90. The highest BCUT2D eigenvalue weighted by Gasteiger charge is 2.16. The van der Waals surface area contributed by atoms with Gasteiger partial charge in [-0.2, -0.15) is 0 Å². The van der Waals surface area contributed by atoms with E-state index in [-0.39, 0.29) is 16.6 Å². The molecule has 4 nitrogen and oxygen atoms in total. The van der Waals surface area contributed by atoms with Crippen molar-refractivity contribution < 1.29 is 13.2 Å². The van der Waals surface area contributed by atoms with Crippen molar-refractivity contribution in [3.8, 4) is 0 Å². The summed E-state index contributed by atoms with van der Waals surface area (Å²) in [5.41, 5.74) is 0.590. The molecule has 0 radical (unpaired) electrons. The largest absolute Gasteiger partial charge is 0.326 e. The molecule has 0 aliphatic rings. The van der Waals surface area contributed by atoms with Crippen molar-refractivity contribution in [2.24, 2.45) is 5.92 Å². The Bertz CT molecular complexity index is 540. The van der Waals surface area contributed by atoms with Crippen LogP contribution in [0.15, 0.2) is 29.2 Å². The Kier molecular flexibility index (Phi) is 6.49. The summed E-state index contributed by atoms with van der Waals surface area (Å²) in [6.45, 7) is 3.40.